The minimum absolute atomic E-state index is 0.127. The van der Waals surface area contributed by atoms with E-state index in [1.807, 2.05) is 0 Å². The van der Waals surface area contributed by atoms with Crippen molar-refractivity contribution in [3.8, 4) is 0 Å². The van der Waals surface area contributed by atoms with Gasteiger partial charge in [0.1, 0.15) is 0 Å². The number of benzene rings is 2. The van der Waals surface area contributed by atoms with Crippen LogP contribution in [0.2, 0.25) is 0 Å². The molecule has 1 amide bonds. The van der Waals surface area contributed by atoms with Crippen LogP contribution in [0.15, 0.2) is 48.5 Å². The molecule has 0 saturated carbocycles. The summed E-state index contributed by atoms with van der Waals surface area (Å²) >= 11 is 0. The largest absolute Gasteiger partial charge is 0.416 e. The van der Waals surface area contributed by atoms with Crippen molar-refractivity contribution in [1.82, 2.24) is 0 Å². The van der Waals surface area contributed by atoms with Crippen molar-refractivity contribution < 1.29 is 22.2 Å². The lowest BCUT2D eigenvalue weighted by molar-refractivity contribution is -0.137. The van der Waals surface area contributed by atoms with Crippen molar-refractivity contribution in [3.05, 3.63) is 65.2 Å². The Labute approximate surface area is 134 Å². The summed E-state index contributed by atoms with van der Waals surface area (Å²) in [7, 11) is -1.00. The number of nitrogens with one attached hydrogen (secondary N) is 1. The van der Waals surface area contributed by atoms with Crippen LogP contribution >= 0.6 is 0 Å². The fraction of sp³-hybridized carbons (Fsp3) is 0.188. The zero-order chi connectivity index (χ0) is 17.0. The normalized spacial score (nSPS) is 12.7. The summed E-state index contributed by atoms with van der Waals surface area (Å²) < 4.78 is 48.7. The van der Waals surface area contributed by atoms with E-state index in [2.05, 4.69) is 5.32 Å². The minimum Gasteiger partial charge on any atom is -0.322 e. The number of hydrogen-bond donors (Lipinski definition) is 1. The second-order valence-electron chi connectivity index (χ2n) is 4.95. The number of halogens is 3. The molecule has 0 bridgehead atoms. The molecule has 0 fully saturated rings. The second-order valence-corrected chi connectivity index (χ2v) is 6.38. The van der Waals surface area contributed by atoms with Gasteiger partial charge < -0.3 is 5.32 Å². The van der Waals surface area contributed by atoms with Crippen LogP contribution in [0.25, 0.3) is 0 Å². The Morgan fingerprint density at radius 3 is 2.35 bits per heavy atom. The van der Waals surface area contributed by atoms with Gasteiger partial charge in [-0.1, -0.05) is 12.1 Å². The van der Waals surface area contributed by atoms with Gasteiger partial charge in [-0.25, -0.2) is 0 Å². The van der Waals surface area contributed by atoms with Gasteiger partial charge in [-0.3, -0.25) is 9.00 Å². The fourth-order valence-corrected chi connectivity index (χ4v) is 2.64. The van der Waals surface area contributed by atoms with Crippen LogP contribution in [0.4, 0.5) is 18.9 Å². The molecule has 3 nitrogen and oxygen atoms in total. The Morgan fingerprint density at radius 1 is 1.13 bits per heavy atom. The van der Waals surface area contributed by atoms with Crippen molar-refractivity contribution in [3.63, 3.8) is 0 Å². The number of amides is 1. The predicted molar refractivity (Wildman–Crippen MR) is 83.6 cm³/mol. The van der Waals surface area contributed by atoms with Crippen LogP contribution in [0.3, 0.4) is 0 Å². The number of alkyl halides is 3. The van der Waals surface area contributed by atoms with Crippen LogP contribution < -0.4 is 5.32 Å². The van der Waals surface area contributed by atoms with Crippen LogP contribution in [0, 0.1) is 0 Å². The molecule has 0 saturated heterocycles. The lowest BCUT2D eigenvalue weighted by Gasteiger charge is -2.09. The fourth-order valence-electron chi connectivity index (χ4n) is 1.99. The van der Waals surface area contributed by atoms with E-state index in [9.17, 15) is 22.2 Å². The van der Waals surface area contributed by atoms with Gasteiger partial charge in [0.15, 0.2) is 0 Å². The Balaban J connectivity index is 2.11. The first-order chi connectivity index (χ1) is 10.8. The first kappa shape index (κ1) is 17.2. The zero-order valence-corrected chi connectivity index (χ0v) is 13.0. The third kappa shape index (κ3) is 4.92. The highest BCUT2D eigenvalue weighted by molar-refractivity contribution is 7.83. The molecule has 0 heterocycles. The number of carbonyl (C=O) groups is 1. The average molecular weight is 341 g/mol. The molecule has 122 valence electrons. The number of hydrogen-bond acceptors (Lipinski definition) is 2. The number of anilines is 1. The molecular weight excluding hydrogens is 327 g/mol. The molecule has 23 heavy (non-hydrogen) atoms. The smallest absolute Gasteiger partial charge is 0.322 e. The van der Waals surface area contributed by atoms with Crippen molar-refractivity contribution in [2.45, 2.75) is 11.9 Å². The molecule has 1 atom stereocenters. The molecule has 0 aliphatic heterocycles. The molecule has 0 aliphatic carbocycles. The summed E-state index contributed by atoms with van der Waals surface area (Å²) in [6, 6.07) is 10.8. The van der Waals surface area contributed by atoms with Crippen molar-refractivity contribution >= 4 is 22.4 Å². The zero-order valence-electron chi connectivity index (χ0n) is 12.2. The van der Waals surface area contributed by atoms with E-state index in [0.29, 0.717) is 11.4 Å². The van der Waals surface area contributed by atoms with Gasteiger partial charge in [0.05, 0.1) is 5.56 Å². The quantitative estimate of drug-likeness (QED) is 0.918. The lowest BCUT2D eigenvalue weighted by Crippen LogP contribution is -2.13. The number of carbonyl (C=O) groups excluding carboxylic acids is 1. The molecule has 0 unspecified atom stereocenters. The summed E-state index contributed by atoms with van der Waals surface area (Å²) in [6.45, 7) is 0. The van der Waals surface area contributed by atoms with Gasteiger partial charge in [-0.2, -0.15) is 13.2 Å². The highest BCUT2D eigenvalue weighted by Crippen LogP contribution is 2.29. The Kier molecular flexibility index (Phi) is 5.20. The monoisotopic (exact) mass is 341 g/mol. The lowest BCUT2D eigenvalue weighted by atomic mass is 10.1. The number of rotatable bonds is 4. The molecule has 2 rings (SSSR count). The van der Waals surface area contributed by atoms with E-state index in [1.54, 1.807) is 30.5 Å². The molecule has 0 aromatic heterocycles. The molecule has 2 aromatic carbocycles. The van der Waals surface area contributed by atoms with E-state index in [0.717, 1.165) is 29.8 Å². The van der Waals surface area contributed by atoms with E-state index < -0.39 is 28.4 Å². The molecule has 7 heteroatoms. The first-order valence-electron chi connectivity index (χ1n) is 6.63. The average Bonchev–Trinajstić information content (AvgIpc) is 2.46. The predicted octanol–water partition coefficient (Wildman–Crippen LogP) is 3.84. The van der Waals surface area contributed by atoms with Crippen molar-refractivity contribution in [1.29, 1.82) is 0 Å². The van der Waals surface area contributed by atoms with Gasteiger partial charge in [0.25, 0.3) is 5.91 Å². The van der Waals surface area contributed by atoms with Gasteiger partial charge in [0.2, 0.25) is 0 Å². The van der Waals surface area contributed by atoms with Crippen LogP contribution in [0.1, 0.15) is 21.5 Å². The standard InChI is InChI=1S/C16H14F3NO2S/c1-23(22)10-11-3-2-4-14(9-11)20-15(21)12-5-7-13(8-6-12)16(17,18)19/h2-9H,10H2,1H3,(H,20,21)/t23-/m1/s1. The molecule has 0 radical (unpaired) electrons. The molecule has 0 spiro atoms. The molecule has 0 aliphatic rings. The highest BCUT2D eigenvalue weighted by Gasteiger charge is 2.30. The molecule has 1 N–H and O–H groups in total. The summed E-state index contributed by atoms with van der Waals surface area (Å²) in [4.78, 5) is 12.1. The maximum Gasteiger partial charge on any atom is 0.416 e. The second kappa shape index (κ2) is 6.95. The third-order valence-corrected chi connectivity index (χ3v) is 3.77. The van der Waals surface area contributed by atoms with E-state index in [-0.39, 0.29) is 5.56 Å². The SMILES string of the molecule is C[S@@](=O)Cc1cccc(NC(=O)c2ccc(C(F)(F)F)cc2)c1. The highest BCUT2D eigenvalue weighted by atomic mass is 32.2. The molecular formula is C16H14F3NO2S. The van der Waals surface area contributed by atoms with E-state index >= 15 is 0 Å². The topological polar surface area (TPSA) is 46.2 Å². The summed E-state index contributed by atoms with van der Waals surface area (Å²) in [5.41, 5.74) is 0.623. The Bertz CT molecular complexity index is 727. The first-order valence-corrected chi connectivity index (χ1v) is 8.36. The third-order valence-electron chi connectivity index (χ3n) is 3.03. The molecule has 2 aromatic rings. The van der Waals surface area contributed by atoms with Gasteiger partial charge in [-0.05, 0) is 42.0 Å². The van der Waals surface area contributed by atoms with E-state index in [4.69, 9.17) is 0 Å². The summed E-state index contributed by atoms with van der Waals surface area (Å²) in [5.74, 6) is -0.141. The van der Waals surface area contributed by atoms with Gasteiger partial charge in [0, 0.05) is 34.1 Å². The van der Waals surface area contributed by atoms with Crippen LogP contribution in [-0.2, 0) is 22.7 Å². The van der Waals surface area contributed by atoms with Gasteiger partial charge >= 0.3 is 6.18 Å². The minimum atomic E-state index is -4.43. The Hall–Kier alpha value is -2.15. The maximum atomic E-state index is 12.5. The van der Waals surface area contributed by atoms with Crippen LogP contribution in [0.5, 0.6) is 0 Å². The van der Waals surface area contributed by atoms with E-state index in [1.165, 1.54) is 0 Å². The summed E-state index contributed by atoms with van der Waals surface area (Å²) in [6.07, 6.45) is -2.85. The van der Waals surface area contributed by atoms with Gasteiger partial charge in [-0.15, -0.1) is 0 Å². The van der Waals surface area contributed by atoms with Crippen molar-refractivity contribution in [2.24, 2.45) is 0 Å². The maximum absolute atomic E-state index is 12.5. The van der Waals surface area contributed by atoms with Crippen LogP contribution in [-0.4, -0.2) is 16.4 Å². The van der Waals surface area contributed by atoms with Crippen molar-refractivity contribution in [2.75, 3.05) is 11.6 Å². The Morgan fingerprint density at radius 2 is 1.78 bits per heavy atom. The summed E-state index contributed by atoms with van der Waals surface area (Å²) in [5, 5.41) is 2.61.